The Kier molecular flexibility index (Phi) is 4.86. The first-order valence-corrected chi connectivity index (χ1v) is 8.14. The van der Waals surface area contributed by atoms with Crippen LogP contribution in [0.3, 0.4) is 0 Å². The molecule has 0 aliphatic rings. The van der Waals surface area contributed by atoms with Gasteiger partial charge in [-0.1, -0.05) is 49.7 Å². The number of rotatable bonds is 4. The minimum atomic E-state index is -0.466. The SMILES string of the molecule is COc1c(-c2c(C)cc(C)cc2C)cccc1C(C)(C)C(C)O. The normalized spacial score (nSPS) is 13.0. The van der Waals surface area contributed by atoms with Gasteiger partial charge in [-0.25, -0.2) is 0 Å². The van der Waals surface area contributed by atoms with Crippen LogP contribution in [0.2, 0.25) is 0 Å². The van der Waals surface area contributed by atoms with Gasteiger partial charge in [-0.05, 0) is 44.4 Å². The summed E-state index contributed by atoms with van der Waals surface area (Å²) in [6, 6.07) is 10.6. The molecular formula is C21H28O2. The van der Waals surface area contributed by atoms with Crippen molar-refractivity contribution in [2.24, 2.45) is 0 Å². The van der Waals surface area contributed by atoms with Crippen LogP contribution in [0.4, 0.5) is 0 Å². The molecular weight excluding hydrogens is 284 g/mol. The molecule has 124 valence electrons. The molecule has 0 spiro atoms. The van der Waals surface area contributed by atoms with Crippen molar-refractivity contribution in [3.8, 4) is 16.9 Å². The van der Waals surface area contributed by atoms with E-state index in [9.17, 15) is 5.11 Å². The van der Waals surface area contributed by atoms with Crippen molar-refractivity contribution in [2.45, 2.75) is 53.1 Å². The topological polar surface area (TPSA) is 29.5 Å². The summed E-state index contributed by atoms with van der Waals surface area (Å²) in [6.07, 6.45) is -0.466. The molecule has 0 amide bonds. The average molecular weight is 312 g/mol. The van der Waals surface area contributed by atoms with Gasteiger partial charge in [0, 0.05) is 16.5 Å². The number of para-hydroxylation sites is 1. The van der Waals surface area contributed by atoms with Gasteiger partial charge in [0.15, 0.2) is 0 Å². The van der Waals surface area contributed by atoms with Crippen molar-refractivity contribution in [1.29, 1.82) is 0 Å². The van der Waals surface area contributed by atoms with Crippen LogP contribution >= 0.6 is 0 Å². The molecule has 1 unspecified atom stereocenters. The van der Waals surface area contributed by atoms with Gasteiger partial charge in [0.25, 0.3) is 0 Å². The fourth-order valence-corrected chi connectivity index (χ4v) is 3.29. The number of aliphatic hydroxyl groups excluding tert-OH is 1. The van der Waals surface area contributed by atoms with E-state index in [0.717, 1.165) is 16.9 Å². The summed E-state index contributed by atoms with van der Waals surface area (Å²) in [5.74, 6) is 0.855. The zero-order chi connectivity index (χ0) is 17.4. The number of benzene rings is 2. The van der Waals surface area contributed by atoms with Gasteiger partial charge in [-0.2, -0.15) is 0 Å². The molecule has 0 saturated carbocycles. The van der Waals surface area contributed by atoms with E-state index in [2.05, 4.69) is 45.0 Å². The lowest BCUT2D eigenvalue weighted by atomic mass is 9.78. The third kappa shape index (κ3) is 3.13. The number of hydrogen-bond donors (Lipinski definition) is 1. The van der Waals surface area contributed by atoms with E-state index in [4.69, 9.17) is 4.74 Å². The van der Waals surface area contributed by atoms with Crippen molar-refractivity contribution in [1.82, 2.24) is 0 Å². The van der Waals surface area contributed by atoms with E-state index < -0.39 is 6.10 Å². The molecule has 0 aromatic heterocycles. The Balaban J connectivity index is 2.76. The van der Waals surface area contributed by atoms with Gasteiger partial charge in [0.05, 0.1) is 13.2 Å². The molecule has 0 heterocycles. The van der Waals surface area contributed by atoms with Gasteiger partial charge < -0.3 is 9.84 Å². The second-order valence-corrected chi connectivity index (χ2v) is 7.06. The van der Waals surface area contributed by atoms with Crippen LogP contribution in [0.1, 0.15) is 43.0 Å². The molecule has 2 aromatic rings. The summed E-state index contributed by atoms with van der Waals surface area (Å²) >= 11 is 0. The zero-order valence-corrected chi connectivity index (χ0v) is 15.3. The van der Waals surface area contributed by atoms with E-state index in [1.165, 1.54) is 22.3 Å². The predicted molar refractivity (Wildman–Crippen MR) is 97.3 cm³/mol. The minimum Gasteiger partial charge on any atom is -0.496 e. The molecule has 2 aromatic carbocycles. The summed E-state index contributed by atoms with van der Waals surface area (Å²) in [5, 5.41) is 10.2. The summed E-state index contributed by atoms with van der Waals surface area (Å²) in [4.78, 5) is 0. The van der Waals surface area contributed by atoms with E-state index in [-0.39, 0.29) is 5.41 Å². The first kappa shape index (κ1) is 17.6. The van der Waals surface area contributed by atoms with E-state index in [1.807, 2.05) is 26.8 Å². The molecule has 1 atom stereocenters. The Hall–Kier alpha value is -1.80. The number of hydrogen-bond acceptors (Lipinski definition) is 2. The van der Waals surface area contributed by atoms with Crippen LogP contribution in [0.25, 0.3) is 11.1 Å². The molecule has 0 aliphatic carbocycles. The Morgan fingerprint density at radius 2 is 1.61 bits per heavy atom. The van der Waals surface area contributed by atoms with Crippen LogP contribution in [0.5, 0.6) is 5.75 Å². The highest BCUT2D eigenvalue weighted by atomic mass is 16.5. The van der Waals surface area contributed by atoms with Crippen LogP contribution in [-0.2, 0) is 5.41 Å². The maximum atomic E-state index is 10.2. The highest BCUT2D eigenvalue weighted by molar-refractivity contribution is 5.78. The smallest absolute Gasteiger partial charge is 0.130 e. The first-order valence-electron chi connectivity index (χ1n) is 8.14. The lowest BCUT2D eigenvalue weighted by Crippen LogP contribution is -2.31. The highest BCUT2D eigenvalue weighted by Crippen LogP contribution is 2.42. The molecule has 2 heteroatoms. The third-order valence-corrected chi connectivity index (χ3v) is 4.90. The highest BCUT2D eigenvalue weighted by Gasteiger charge is 2.31. The molecule has 23 heavy (non-hydrogen) atoms. The second-order valence-electron chi connectivity index (χ2n) is 7.06. The molecule has 2 rings (SSSR count). The van der Waals surface area contributed by atoms with Gasteiger partial charge in [-0.15, -0.1) is 0 Å². The Labute approximate surface area is 140 Å². The average Bonchev–Trinajstić information content (AvgIpc) is 2.45. The maximum absolute atomic E-state index is 10.2. The molecule has 1 N–H and O–H groups in total. The molecule has 2 nitrogen and oxygen atoms in total. The Morgan fingerprint density at radius 3 is 2.09 bits per heavy atom. The van der Waals surface area contributed by atoms with Gasteiger partial charge in [0.2, 0.25) is 0 Å². The first-order chi connectivity index (χ1) is 10.7. The Bertz CT molecular complexity index is 689. The monoisotopic (exact) mass is 312 g/mol. The number of methoxy groups -OCH3 is 1. The van der Waals surface area contributed by atoms with Crippen molar-refractivity contribution in [2.75, 3.05) is 7.11 Å². The lowest BCUT2D eigenvalue weighted by molar-refractivity contribution is 0.116. The molecule has 0 bridgehead atoms. The van der Waals surface area contributed by atoms with Crippen molar-refractivity contribution >= 4 is 0 Å². The minimum absolute atomic E-state index is 0.381. The largest absolute Gasteiger partial charge is 0.496 e. The van der Waals surface area contributed by atoms with Crippen molar-refractivity contribution < 1.29 is 9.84 Å². The number of ether oxygens (including phenoxy) is 1. The fourth-order valence-electron chi connectivity index (χ4n) is 3.29. The summed E-state index contributed by atoms with van der Waals surface area (Å²) < 4.78 is 5.80. The molecule has 0 radical (unpaired) electrons. The number of aryl methyl sites for hydroxylation is 3. The summed E-state index contributed by atoms with van der Waals surface area (Å²) in [5.41, 5.74) is 6.72. The zero-order valence-electron chi connectivity index (χ0n) is 15.3. The maximum Gasteiger partial charge on any atom is 0.130 e. The second kappa shape index (κ2) is 6.37. The van der Waals surface area contributed by atoms with E-state index in [0.29, 0.717) is 0 Å². The van der Waals surface area contributed by atoms with Gasteiger partial charge in [0.1, 0.15) is 5.75 Å². The van der Waals surface area contributed by atoms with Crippen LogP contribution in [-0.4, -0.2) is 18.3 Å². The van der Waals surface area contributed by atoms with E-state index >= 15 is 0 Å². The van der Waals surface area contributed by atoms with Crippen LogP contribution < -0.4 is 4.74 Å². The molecule has 0 saturated heterocycles. The lowest BCUT2D eigenvalue weighted by Gasteiger charge is -2.31. The van der Waals surface area contributed by atoms with Crippen LogP contribution in [0, 0.1) is 20.8 Å². The summed E-state index contributed by atoms with van der Waals surface area (Å²) in [6.45, 7) is 12.3. The fraction of sp³-hybridized carbons (Fsp3) is 0.429. The van der Waals surface area contributed by atoms with E-state index in [1.54, 1.807) is 7.11 Å². The molecule has 0 fully saturated rings. The van der Waals surface area contributed by atoms with Gasteiger partial charge in [-0.3, -0.25) is 0 Å². The number of aliphatic hydroxyl groups is 1. The third-order valence-electron chi connectivity index (χ3n) is 4.90. The van der Waals surface area contributed by atoms with Crippen LogP contribution in [0.15, 0.2) is 30.3 Å². The van der Waals surface area contributed by atoms with Crippen molar-refractivity contribution in [3.05, 3.63) is 52.6 Å². The quantitative estimate of drug-likeness (QED) is 0.866. The predicted octanol–water partition coefficient (Wildman–Crippen LogP) is 4.95. The van der Waals surface area contributed by atoms with Crippen molar-refractivity contribution in [3.63, 3.8) is 0 Å². The Morgan fingerprint density at radius 1 is 1.04 bits per heavy atom. The van der Waals surface area contributed by atoms with Gasteiger partial charge >= 0.3 is 0 Å². The standard InChI is InChI=1S/C21H28O2/c1-13-11-14(2)19(15(3)12-13)17-9-8-10-18(20(17)23-7)21(5,6)16(4)22/h8-12,16,22H,1-7H3. The molecule has 0 aliphatic heterocycles. The summed E-state index contributed by atoms with van der Waals surface area (Å²) in [7, 11) is 1.71.